The third-order valence-corrected chi connectivity index (χ3v) is 9.69. The van der Waals surface area contributed by atoms with E-state index in [0.29, 0.717) is 6.61 Å². The van der Waals surface area contributed by atoms with Crippen LogP contribution >= 0.6 is 0 Å². The molecule has 0 aliphatic heterocycles. The summed E-state index contributed by atoms with van der Waals surface area (Å²) < 4.78 is 25.9. The van der Waals surface area contributed by atoms with Crippen molar-refractivity contribution in [2.45, 2.75) is 187 Å². The van der Waals surface area contributed by atoms with Gasteiger partial charge in [0.15, 0.2) is 0 Å². The number of benzene rings is 1. The van der Waals surface area contributed by atoms with Crippen LogP contribution < -0.4 is 0 Å². The Bertz CT molecular complexity index is 985. The molecule has 0 amide bonds. The Morgan fingerprint density at radius 2 is 1.00 bits per heavy atom. The van der Waals surface area contributed by atoms with E-state index in [1.807, 2.05) is 12.1 Å². The molecule has 0 bridgehead atoms. The second-order valence-corrected chi connectivity index (χ2v) is 14.9. The Morgan fingerprint density at radius 1 is 0.558 bits per heavy atom. The molecule has 0 aliphatic carbocycles. The molecule has 4 heteroatoms. The number of halogens is 1. The first-order valence-electron chi connectivity index (χ1n) is 21.9. The summed E-state index contributed by atoms with van der Waals surface area (Å²) in [6, 6.07) is 6.84. The molecule has 1 aromatic carbocycles. The van der Waals surface area contributed by atoms with E-state index in [1.165, 1.54) is 128 Å². The van der Waals surface area contributed by atoms with Crippen LogP contribution in [0.4, 0.5) is 4.39 Å². The summed E-state index contributed by atoms with van der Waals surface area (Å²) >= 11 is 0. The number of rotatable bonds is 38. The molecule has 0 saturated carbocycles. The lowest BCUT2D eigenvalue weighted by molar-refractivity contribution is -0.0257. The average molecular weight is 724 g/mol. The standard InChI is InChI=1S/C48H82FNO2/c1-4-6-8-10-12-14-16-18-20-22-24-26-28-30-32-34-42-51-45-48(40-41-50(3)44-46-36-38-47(49)39-37-46)52-43-35-33-31-29-27-25-23-21-19-17-15-13-11-9-7-5-2/h12-15,18-21,36-39,48H,4-11,16-17,22-35,40-45H2,1-3H3/b14-12-,15-13-,20-18-,21-19-. The molecule has 1 aromatic rings. The van der Waals surface area contributed by atoms with Crippen molar-refractivity contribution >= 4 is 0 Å². The highest BCUT2D eigenvalue weighted by molar-refractivity contribution is 5.15. The van der Waals surface area contributed by atoms with Gasteiger partial charge < -0.3 is 14.4 Å². The first kappa shape index (κ1) is 48.0. The Hall–Kier alpha value is -2.01. The van der Waals surface area contributed by atoms with Gasteiger partial charge in [-0.25, -0.2) is 4.39 Å². The van der Waals surface area contributed by atoms with Crippen LogP contribution in [0.3, 0.4) is 0 Å². The van der Waals surface area contributed by atoms with Gasteiger partial charge in [-0.05, 0) is 108 Å². The molecule has 0 aliphatic rings. The SMILES string of the molecule is CCCCC/C=C\C/C=C\CCCCCCCCOCC(CCN(C)Cc1ccc(F)cc1)OCCCCCCCC/C=C\C/C=C\CCCCC. The quantitative estimate of drug-likeness (QED) is 0.0501. The molecule has 0 radical (unpaired) electrons. The zero-order chi connectivity index (χ0) is 37.4. The summed E-state index contributed by atoms with van der Waals surface area (Å²) in [7, 11) is 2.13. The number of unbranched alkanes of at least 4 members (excludes halogenated alkanes) is 18. The number of nitrogens with zero attached hydrogens (tertiary/aromatic N) is 1. The van der Waals surface area contributed by atoms with Crippen LogP contribution in [0, 0.1) is 5.82 Å². The minimum Gasteiger partial charge on any atom is -0.379 e. The second-order valence-electron chi connectivity index (χ2n) is 14.9. The van der Waals surface area contributed by atoms with Gasteiger partial charge in [-0.15, -0.1) is 0 Å². The summed E-state index contributed by atoms with van der Waals surface area (Å²) in [5.41, 5.74) is 1.14. The Labute approximate surface area is 322 Å². The number of allylic oxidation sites excluding steroid dienone is 8. The lowest BCUT2D eigenvalue weighted by Crippen LogP contribution is -2.28. The van der Waals surface area contributed by atoms with Crippen LogP contribution in [0.25, 0.3) is 0 Å². The van der Waals surface area contributed by atoms with Crippen molar-refractivity contribution in [3.63, 3.8) is 0 Å². The summed E-state index contributed by atoms with van der Waals surface area (Å²) in [6.07, 6.45) is 50.0. The van der Waals surface area contributed by atoms with Gasteiger partial charge in [0, 0.05) is 26.3 Å². The molecule has 1 rings (SSSR count). The van der Waals surface area contributed by atoms with E-state index in [1.54, 1.807) is 12.1 Å². The lowest BCUT2D eigenvalue weighted by atomic mass is 10.1. The minimum absolute atomic E-state index is 0.123. The van der Waals surface area contributed by atoms with E-state index in [-0.39, 0.29) is 11.9 Å². The van der Waals surface area contributed by atoms with E-state index in [4.69, 9.17) is 9.47 Å². The molecule has 1 unspecified atom stereocenters. The molecule has 0 heterocycles. The molecule has 0 aromatic heterocycles. The van der Waals surface area contributed by atoms with Gasteiger partial charge in [0.05, 0.1) is 12.7 Å². The molecular weight excluding hydrogens is 642 g/mol. The first-order valence-corrected chi connectivity index (χ1v) is 21.9. The van der Waals surface area contributed by atoms with Gasteiger partial charge in [-0.2, -0.15) is 0 Å². The fourth-order valence-electron chi connectivity index (χ4n) is 6.31. The van der Waals surface area contributed by atoms with Crippen LogP contribution in [0.15, 0.2) is 72.9 Å². The molecule has 0 spiro atoms. The number of ether oxygens (including phenoxy) is 2. The van der Waals surface area contributed by atoms with Crippen LogP contribution in [0.5, 0.6) is 0 Å². The first-order chi connectivity index (χ1) is 25.7. The van der Waals surface area contributed by atoms with E-state index in [2.05, 4.69) is 74.4 Å². The maximum absolute atomic E-state index is 13.3. The fraction of sp³-hybridized carbons (Fsp3) is 0.708. The van der Waals surface area contributed by atoms with E-state index >= 15 is 0 Å². The molecule has 0 N–H and O–H groups in total. The van der Waals surface area contributed by atoms with Crippen LogP contribution in [0.1, 0.15) is 180 Å². The Kier molecular flexibility index (Phi) is 35.7. The molecular formula is C48H82FNO2. The third-order valence-electron chi connectivity index (χ3n) is 9.69. The molecule has 0 saturated heterocycles. The molecule has 0 fully saturated rings. The lowest BCUT2D eigenvalue weighted by Gasteiger charge is -2.22. The zero-order valence-electron chi connectivity index (χ0n) is 34.4. The fourth-order valence-corrected chi connectivity index (χ4v) is 6.31. The van der Waals surface area contributed by atoms with Crippen molar-refractivity contribution in [3.8, 4) is 0 Å². The van der Waals surface area contributed by atoms with Crippen LogP contribution in [-0.2, 0) is 16.0 Å². The van der Waals surface area contributed by atoms with E-state index in [0.717, 1.165) is 64.0 Å². The Morgan fingerprint density at radius 3 is 1.50 bits per heavy atom. The van der Waals surface area contributed by atoms with Gasteiger partial charge in [0.25, 0.3) is 0 Å². The smallest absolute Gasteiger partial charge is 0.123 e. The molecule has 1 atom stereocenters. The molecule has 52 heavy (non-hydrogen) atoms. The summed E-state index contributed by atoms with van der Waals surface area (Å²) in [5, 5.41) is 0. The van der Waals surface area contributed by atoms with E-state index in [9.17, 15) is 4.39 Å². The average Bonchev–Trinajstić information content (AvgIpc) is 3.15. The monoisotopic (exact) mass is 724 g/mol. The van der Waals surface area contributed by atoms with Crippen molar-refractivity contribution in [3.05, 3.63) is 84.3 Å². The molecule has 298 valence electrons. The number of hydrogen-bond acceptors (Lipinski definition) is 3. The summed E-state index contributed by atoms with van der Waals surface area (Å²) in [6.45, 7) is 8.58. The van der Waals surface area contributed by atoms with Gasteiger partial charge in [0.2, 0.25) is 0 Å². The predicted molar refractivity (Wildman–Crippen MR) is 227 cm³/mol. The normalized spacial score (nSPS) is 12.9. The van der Waals surface area contributed by atoms with E-state index < -0.39 is 0 Å². The zero-order valence-corrected chi connectivity index (χ0v) is 34.4. The van der Waals surface area contributed by atoms with Gasteiger partial charge in [-0.1, -0.05) is 152 Å². The largest absolute Gasteiger partial charge is 0.379 e. The topological polar surface area (TPSA) is 21.7 Å². The maximum atomic E-state index is 13.3. The van der Waals surface area contributed by atoms with Crippen LogP contribution in [0.2, 0.25) is 0 Å². The summed E-state index contributed by atoms with van der Waals surface area (Å²) in [4.78, 5) is 2.30. The predicted octanol–water partition coefficient (Wildman–Crippen LogP) is 14.7. The summed E-state index contributed by atoms with van der Waals surface area (Å²) in [5.74, 6) is -0.180. The van der Waals surface area contributed by atoms with Crippen molar-refractivity contribution < 1.29 is 13.9 Å². The van der Waals surface area contributed by atoms with Gasteiger partial charge in [0.1, 0.15) is 5.82 Å². The van der Waals surface area contributed by atoms with Crippen LogP contribution in [-0.4, -0.2) is 44.4 Å². The Balaban J connectivity index is 2.17. The van der Waals surface area contributed by atoms with Crippen molar-refractivity contribution in [1.29, 1.82) is 0 Å². The number of hydrogen-bond donors (Lipinski definition) is 0. The molecule has 3 nitrogen and oxygen atoms in total. The highest BCUT2D eigenvalue weighted by atomic mass is 19.1. The van der Waals surface area contributed by atoms with Crippen molar-refractivity contribution in [1.82, 2.24) is 4.90 Å². The maximum Gasteiger partial charge on any atom is 0.123 e. The third kappa shape index (κ3) is 33.8. The van der Waals surface area contributed by atoms with Gasteiger partial charge in [-0.3, -0.25) is 0 Å². The minimum atomic E-state index is -0.180. The van der Waals surface area contributed by atoms with Crippen molar-refractivity contribution in [2.75, 3.05) is 33.4 Å². The van der Waals surface area contributed by atoms with Gasteiger partial charge >= 0.3 is 0 Å². The highest BCUT2D eigenvalue weighted by Crippen LogP contribution is 2.13. The second kappa shape index (κ2) is 38.7. The highest BCUT2D eigenvalue weighted by Gasteiger charge is 2.12. The van der Waals surface area contributed by atoms with Crippen molar-refractivity contribution in [2.24, 2.45) is 0 Å².